The predicted octanol–water partition coefficient (Wildman–Crippen LogP) is 2.66. The minimum absolute atomic E-state index is 0.0303. The van der Waals surface area contributed by atoms with Crippen LogP contribution < -0.4 is 0 Å². The third-order valence-corrected chi connectivity index (χ3v) is 3.02. The number of rotatable bonds is 3. The molecule has 4 heteroatoms. The second-order valence-corrected chi connectivity index (χ2v) is 4.37. The maximum atomic E-state index is 12.1. The van der Waals surface area contributed by atoms with Gasteiger partial charge >= 0.3 is 0 Å². The van der Waals surface area contributed by atoms with Gasteiger partial charge in [0.05, 0.1) is 5.70 Å². The zero-order valence-electron chi connectivity index (χ0n) is 9.28. The Labute approximate surface area is 105 Å². The molecule has 0 N–H and O–H groups in total. The molecule has 1 fully saturated rings. The van der Waals surface area contributed by atoms with Crippen molar-refractivity contribution in [1.82, 2.24) is 4.90 Å². The van der Waals surface area contributed by atoms with E-state index in [-0.39, 0.29) is 17.4 Å². The highest BCUT2D eigenvalue weighted by atomic mass is 35.5. The highest BCUT2D eigenvalue weighted by Gasteiger charge is 2.26. The minimum Gasteiger partial charge on any atom is -0.309 e. The molecule has 0 unspecified atom stereocenters. The molecule has 1 aromatic rings. The Morgan fingerprint density at radius 2 is 1.94 bits per heavy atom. The Balaban J connectivity index is 2.17. The Kier molecular flexibility index (Phi) is 3.29. The van der Waals surface area contributed by atoms with Crippen LogP contribution in [0.15, 0.2) is 36.5 Å². The molecular weight excluding hydrogens is 238 g/mol. The number of allylic oxidation sites excluding steroid dienone is 1. The van der Waals surface area contributed by atoms with Gasteiger partial charge in [0.15, 0.2) is 0 Å². The molecule has 0 atom stereocenters. The fraction of sp³-hybridized carbons (Fsp3) is 0.231. The van der Waals surface area contributed by atoms with Gasteiger partial charge in [0, 0.05) is 23.6 Å². The predicted molar refractivity (Wildman–Crippen MR) is 65.9 cm³/mol. The van der Waals surface area contributed by atoms with Crippen LogP contribution in [0.25, 0.3) is 0 Å². The summed E-state index contributed by atoms with van der Waals surface area (Å²) in [5.41, 5.74) is 0.744. The van der Waals surface area contributed by atoms with Gasteiger partial charge in [0.2, 0.25) is 11.7 Å². The number of Topliss-reactive ketones (excluding diaryl/α,β-unsaturated/α-hetero) is 1. The monoisotopic (exact) mass is 249 g/mol. The van der Waals surface area contributed by atoms with Gasteiger partial charge in [0.25, 0.3) is 0 Å². The van der Waals surface area contributed by atoms with Crippen LogP contribution in [0.1, 0.15) is 23.2 Å². The SMILES string of the molecule is C=C(C(=O)c1ccc(Cl)cc1)N1CCCC1=O. The Bertz CT molecular complexity index is 479. The number of carbonyl (C=O) groups excluding carboxylic acids is 2. The highest BCUT2D eigenvalue weighted by Crippen LogP contribution is 2.19. The number of hydrogen-bond donors (Lipinski definition) is 0. The van der Waals surface area contributed by atoms with Gasteiger partial charge in [-0.3, -0.25) is 9.59 Å². The molecule has 1 saturated heterocycles. The van der Waals surface area contributed by atoms with Gasteiger partial charge in [-0.1, -0.05) is 18.2 Å². The first-order valence-corrected chi connectivity index (χ1v) is 5.77. The number of carbonyl (C=O) groups is 2. The average molecular weight is 250 g/mol. The summed E-state index contributed by atoms with van der Waals surface area (Å²) in [5, 5.41) is 0.574. The Morgan fingerprint density at radius 3 is 2.47 bits per heavy atom. The molecule has 0 saturated carbocycles. The second kappa shape index (κ2) is 4.72. The maximum absolute atomic E-state index is 12.1. The summed E-state index contributed by atoms with van der Waals surface area (Å²) in [6, 6.07) is 6.56. The molecule has 1 aliphatic rings. The fourth-order valence-corrected chi connectivity index (χ4v) is 1.95. The van der Waals surface area contributed by atoms with Crippen molar-refractivity contribution in [3.63, 3.8) is 0 Å². The molecule has 0 aliphatic carbocycles. The average Bonchev–Trinajstić information content (AvgIpc) is 2.74. The molecule has 0 spiro atoms. The zero-order valence-corrected chi connectivity index (χ0v) is 10.0. The van der Waals surface area contributed by atoms with E-state index in [1.165, 1.54) is 4.90 Å². The second-order valence-electron chi connectivity index (χ2n) is 3.93. The van der Waals surface area contributed by atoms with Crippen LogP contribution in [-0.4, -0.2) is 23.1 Å². The first-order valence-electron chi connectivity index (χ1n) is 5.39. The normalized spacial score (nSPS) is 15.1. The lowest BCUT2D eigenvalue weighted by atomic mass is 10.1. The summed E-state index contributed by atoms with van der Waals surface area (Å²) in [5.74, 6) is -0.255. The van der Waals surface area contributed by atoms with E-state index in [2.05, 4.69) is 6.58 Å². The summed E-state index contributed by atoms with van der Waals surface area (Å²) < 4.78 is 0. The van der Waals surface area contributed by atoms with Crippen LogP contribution in [0.2, 0.25) is 5.02 Å². The van der Waals surface area contributed by atoms with Crippen molar-refractivity contribution in [3.8, 4) is 0 Å². The van der Waals surface area contributed by atoms with Crippen molar-refractivity contribution in [2.45, 2.75) is 12.8 Å². The van der Waals surface area contributed by atoms with E-state index in [1.54, 1.807) is 24.3 Å². The molecule has 1 amide bonds. The van der Waals surface area contributed by atoms with E-state index in [1.807, 2.05) is 0 Å². The van der Waals surface area contributed by atoms with E-state index in [0.717, 1.165) is 6.42 Å². The lowest BCUT2D eigenvalue weighted by molar-refractivity contribution is -0.125. The highest BCUT2D eigenvalue weighted by molar-refractivity contribution is 6.30. The number of hydrogen-bond acceptors (Lipinski definition) is 2. The van der Waals surface area contributed by atoms with Crippen LogP contribution in [0.3, 0.4) is 0 Å². The van der Waals surface area contributed by atoms with E-state index in [4.69, 9.17) is 11.6 Å². The number of nitrogens with zero attached hydrogens (tertiary/aromatic N) is 1. The lowest BCUT2D eigenvalue weighted by Gasteiger charge is -2.17. The zero-order chi connectivity index (χ0) is 12.4. The maximum Gasteiger partial charge on any atom is 0.227 e. The van der Waals surface area contributed by atoms with Crippen molar-refractivity contribution in [2.75, 3.05) is 6.54 Å². The van der Waals surface area contributed by atoms with Crippen LogP contribution in [0.4, 0.5) is 0 Å². The van der Waals surface area contributed by atoms with Crippen LogP contribution >= 0.6 is 11.6 Å². The van der Waals surface area contributed by atoms with Crippen LogP contribution in [-0.2, 0) is 4.79 Å². The quantitative estimate of drug-likeness (QED) is 0.610. The smallest absolute Gasteiger partial charge is 0.227 e. The molecule has 88 valence electrons. The standard InChI is InChI=1S/C13H12ClNO2/c1-9(15-8-2-3-12(15)16)13(17)10-4-6-11(14)7-5-10/h4-7H,1-3,8H2. The molecule has 1 aliphatic heterocycles. The van der Waals surface area contributed by atoms with Gasteiger partial charge in [-0.15, -0.1) is 0 Å². The summed E-state index contributed by atoms with van der Waals surface area (Å²) in [6.07, 6.45) is 1.28. The topological polar surface area (TPSA) is 37.4 Å². The van der Waals surface area contributed by atoms with Crippen molar-refractivity contribution < 1.29 is 9.59 Å². The van der Waals surface area contributed by atoms with E-state index in [0.29, 0.717) is 23.6 Å². The van der Waals surface area contributed by atoms with Crippen molar-refractivity contribution >= 4 is 23.3 Å². The molecule has 0 bridgehead atoms. The third kappa shape index (κ3) is 2.39. The van der Waals surface area contributed by atoms with E-state index < -0.39 is 0 Å². The summed E-state index contributed by atoms with van der Waals surface area (Å²) in [7, 11) is 0. The summed E-state index contributed by atoms with van der Waals surface area (Å²) in [4.78, 5) is 25.0. The number of benzene rings is 1. The number of ketones is 1. The molecule has 1 heterocycles. The molecule has 2 rings (SSSR count). The summed E-state index contributed by atoms with van der Waals surface area (Å²) in [6.45, 7) is 4.29. The largest absolute Gasteiger partial charge is 0.309 e. The lowest BCUT2D eigenvalue weighted by Crippen LogP contribution is -2.27. The molecule has 3 nitrogen and oxygen atoms in total. The van der Waals surface area contributed by atoms with Gasteiger partial charge in [0.1, 0.15) is 0 Å². The van der Waals surface area contributed by atoms with Crippen molar-refractivity contribution in [2.24, 2.45) is 0 Å². The number of likely N-dealkylation sites (tertiary alicyclic amines) is 1. The van der Waals surface area contributed by atoms with Crippen molar-refractivity contribution in [1.29, 1.82) is 0 Å². The Morgan fingerprint density at radius 1 is 1.29 bits per heavy atom. The van der Waals surface area contributed by atoms with Crippen LogP contribution in [0.5, 0.6) is 0 Å². The van der Waals surface area contributed by atoms with Gasteiger partial charge in [-0.05, 0) is 30.7 Å². The first kappa shape index (κ1) is 11.9. The first-order chi connectivity index (χ1) is 8.09. The van der Waals surface area contributed by atoms with Crippen molar-refractivity contribution in [3.05, 3.63) is 47.1 Å². The van der Waals surface area contributed by atoms with Gasteiger partial charge in [-0.2, -0.15) is 0 Å². The molecule has 1 aromatic carbocycles. The van der Waals surface area contributed by atoms with Gasteiger partial charge < -0.3 is 4.90 Å². The van der Waals surface area contributed by atoms with E-state index >= 15 is 0 Å². The Hall–Kier alpha value is -1.61. The fourth-order valence-electron chi connectivity index (χ4n) is 1.82. The summed E-state index contributed by atoms with van der Waals surface area (Å²) >= 11 is 5.75. The molecule has 0 radical (unpaired) electrons. The number of amides is 1. The molecular formula is C13H12ClNO2. The molecule has 17 heavy (non-hydrogen) atoms. The van der Waals surface area contributed by atoms with Crippen LogP contribution in [0, 0.1) is 0 Å². The van der Waals surface area contributed by atoms with Gasteiger partial charge in [-0.25, -0.2) is 0 Å². The van der Waals surface area contributed by atoms with E-state index in [9.17, 15) is 9.59 Å². The molecule has 0 aromatic heterocycles. The minimum atomic E-state index is -0.225. The number of halogens is 1. The third-order valence-electron chi connectivity index (χ3n) is 2.77.